The van der Waals surface area contributed by atoms with Crippen LogP contribution in [0.5, 0.6) is 5.75 Å². The largest absolute Gasteiger partial charge is 0.497 e. The fourth-order valence-corrected chi connectivity index (χ4v) is 2.32. The number of nitrogens with zero attached hydrogens (tertiary/aromatic N) is 2. The number of hydrogen-bond acceptors (Lipinski definition) is 4. The molecule has 5 heteroatoms. The van der Waals surface area contributed by atoms with Crippen molar-refractivity contribution in [1.82, 2.24) is 10.3 Å². The third-order valence-electron chi connectivity index (χ3n) is 3.88. The predicted octanol–water partition coefficient (Wildman–Crippen LogP) is 3.26. The molecule has 0 saturated heterocycles. The number of aromatic nitrogens is 1. The molecule has 5 nitrogen and oxygen atoms in total. The van der Waals surface area contributed by atoms with Crippen LogP contribution in [0.25, 0.3) is 0 Å². The van der Waals surface area contributed by atoms with Crippen molar-refractivity contribution >= 4 is 11.6 Å². The molecule has 0 fully saturated rings. The van der Waals surface area contributed by atoms with Gasteiger partial charge in [-0.15, -0.1) is 0 Å². The Kier molecular flexibility index (Phi) is 6.61. The molecule has 128 valence electrons. The molecule has 24 heavy (non-hydrogen) atoms. The summed E-state index contributed by atoms with van der Waals surface area (Å²) in [7, 11) is 3.66. The average Bonchev–Trinajstić information content (AvgIpc) is 2.64. The molecule has 0 aliphatic rings. The minimum Gasteiger partial charge on any atom is -0.497 e. The van der Waals surface area contributed by atoms with Gasteiger partial charge < -0.3 is 15.0 Å². The number of pyridine rings is 1. The first-order chi connectivity index (χ1) is 11.6. The number of rotatable bonds is 8. The van der Waals surface area contributed by atoms with Crippen molar-refractivity contribution in [2.45, 2.75) is 26.3 Å². The maximum absolute atomic E-state index is 12.3. The summed E-state index contributed by atoms with van der Waals surface area (Å²) in [5.41, 5.74) is 2.46. The van der Waals surface area contributed by atoms with E-state index in [0.29, 0.717) is 12.2 Å². The first-order valence-electron chi connectivity index (χ1n) is 8.22. The zero-order chi connectivity index (χ0) is 17.4. The number of unbranched alkanes of at least 4 members (excludes halogenated alkanes) is 1. The summed E-state index contributed by atoms with van der Waals surface area (Å²) in [6, 6.07) is 11.4. The summed E-state index contributed by atoms with van der Waals surface area (Å²) >= 11 is 0. The van der Waals surface area contributed by atoms with E-state index < -0.39 is 0 Å². The van der Waals surface area contributed by atoms with Crippen LogP contribution in [0.4, 0.5) is 5.69 Å². The van der Waals surface area contributed by atoms with E-state index in [1.165, 1.54) is 0 Å². The normalized spacial score (nSPS) is 10.3. The number of methoxy groups -OCH3 is 1. The summed E-state index contributed by atoms with van der Waals surface area (Å²) in [4.78, 5) is 18.6. The number of anilines is 1. The lowest BCUT2D eigenvalue weighted by molar-refractivity contribution is 0.0946. The first-order valence-corrected chi connectivity index (χ1v) is 8.22. The minimum absolute atomic E-state index is 0.170. The standard InChI is InChI=1S/C19H25N3O2/c1-4-5-12-22(2)16-10-11-20-18(13-16)19(23)21-14-15-6-8-17(24-3)9-7-15/h6-11,13H,4-5,12,14H2,1-3H3,(H,21,23). The van der Waals surface area contributed by atoms with Crippen LogP contribution in [-0.2, 0) is 6.54 Å². The number of nitrogens with one attached hydrogen (secondary N) is 1. The summed E-state index contributed by atoms with van der Waals surface area (Å²) in [6.07, 6.45) is 3.95. The van der Waals surface area contributed by atoms with E-state index in [9.17, 15) is 4.79 Å². The molecule has 0 aliphatic heterocycles. The molecule has 0 spiro atoms. The number of carbonyl (C=O) groups is 1. The van der Waals surface area contributed by atoms with E-state index in [1.54, 1.807) is 13.3 Å². The van der Waals surface area contributed by atoms with E-state index in [2.05, 4.69) is 22.1 Å². The van der Waals surface area contributed by atoms with Crippen LogP contribution in [0.2, 0.25) is 0 Å². The number of ether oxygens (including phenoxy) is 1. The lowest BCUT2D eigenvalue weighted by Crippen LogP contribution is -2.25. The highest BCUT2D eigenvalue weighted by Gasteiger charge is 2.09. The Bertz CT molecular complexity index is 656. The molecule has 2 aromatic rings. The van der Waals surface area contributed by atoms with E-state index in [1.807, 2.05) is 43.4 Å². The highest BCUT2D eigenvalue weighted by molar-refractivity contribution is 5.93. The molecule has 1 aromatic heterocycles. The fraction of sp³-hybridized carbons (Fsp3) is 0.368. The van der Waals surface area contributed by atoms with Crippen LogP contribution in [0.3, 0.4) is 0 Å². The Hall–Kier alpha value is -2.56. The van der Waals surface area contributed by atoms with Crippen LogP contribution < -0.4 is 15.0 Å². The fourth-order valence-electron chi connectivity index (χ4n) is 2.32. The lowest BCUT2D eigenvalue weighted by Gasteiger charge is -2.19. The van der Waals surface area contributed by atoms with Gasteiger partial charge in [-0.25, -0.2) is 0 Å². The summed E-state index contributed by atoms with van der Waals surface area (Å²) in [5.74, 6) is 0.631. The van der Waals surface area contributed by atoms with Crippen LogP contribution in [0.1, 0.15) is 35.8 Å². The van der Waals surface area contributed by atoms with Crippen molar-refractivity contribution in [2.24, 2.45) is 0 Å². The van der Waals surface area contributed by atoms with Gasteiger partial charge in [0.15, 0.2) is 0 Å². The number of amides is 1. The van der Waals surface area contributed by atoms with Crippen LogP contribution >= 0.6 is 0 Å². The smallest absolute Gasteiger partial charge is 0.270 e. The number of hydrogen-bond donors (Lipinski definition) is 1. The summed E-state index contributed by atoms with van der Waals surface area (Å²) in [6.45, 7) is 3.59. The highest BCUT2D eigenvalue weighted by atomic mass is 16.5. The predicted molar refractivity (Wildman–Crippen MR) is 96.6 cm³/mol. The van der Waals surface area contributed by atoms with Crippen molar-refractivity contribution < 1.29 is 9.53 Å². The Balaban J connectivity index is 1.96. The second kappa shape index (κ2) is 8.91. The quantitative estimate of drug-likeness (QED) is 0.808. The van der Waals surface area contributed by atoms with Gasteiger partial charge in [0, 0.05) is 32.0 Å². The molecule has 0 aliphatic carbocycles. The zero-order valence-electron chi connectivity index (χ0n) is 14.6. The Morgan fingerprint density at radius 1 is 1.25 bits per heavy atom. The molecule has 0 atom stereocenters. The summed E-state index contributed by atoms with van der Waals surface area (Å²) in [5, 5.41) is 2.90. The summed E-state index contributed by atoms with van der Waals surface area (Å²) < 4.78 is 5.13. The highest BCUT2D eigenvalue weighted by Crippen LogP contribution is 2.14. The molecule has 1 heterocycles. The van der Waals surface area contributed by atoms with Crippen LogP contribution in [-0.4, -0.2) is 31.6 Å². The molecule has 0 radical (unpaired) electrons. The molecule has 2 rings (SSSR count). The Labute approximate surface area is 143 Å². The van der Waals surface area contributed by atoms with Crippen LogP contribution in [0.15, 0.2) is 42.6 Å². The Morgan fingerprint density at radius 2 is 2.00 bits per heavy atom. The third-order valence-corrected chi connectivity index (χ3v) is 3.88. The molecule has 1 aromatic carbocycles. The lowest BCUT2D eigenvalue weighted by atomic mass is 10.2. The van der Waals surface area contributed by atoms with Crippen molar-refractivity contribution in [1.29, 1.82) is 0 Å². The van der Waals surface area contributed by atoms with Gasteiger partial charge in [-0.1, -0.05) is 25.5 Å². The van der Waals surface area contributed by atoms with Crippen molar-refractivity contribution in [3.05, 3.63) is 53.9 Å². The monoisotopic (exact) mass is 327 g/mol. The van der Waals surface area contributed by atoms with Crippen molar-refractivity contribution in [3.8, 4) is 5.75 Å². The van der Waals surface area contributed by atoms with Crippen molar-refractivity contribution in [3.63, 3.8) is 0 Å². The maximum Gasteiger partial charge on any atom is 0.270 e. The molecule has 0 bridgehead atoms. The minimum atomic E-state index is -0.170. The third kappa shape index (κ3) is 4.98. The van der Waals surface area contributed by atoms with E-state index >= 15 is 0 Å². The SMILES string of the molecule is CCCCN(C)c1ccnc(C(=O)NCc2ccc(OC)cc2)c1. The molecule has 1 N–H and O–H groups in total. The average molecular weight is 327 g/mol. The first kappa shape index (κ1) is 17.8. The van der Waals surface area contributed by atoms with Gasteiger partial charge in [0.25, 0.3) is 5.91 Å². The van der Waals surface area contributed by atoms with Gasteiger partial charge in [-0.05, 0) is 36.2 Å². The van der Waals surface area contributed by atoms with E-state index in [-0.39, 0.29) is 5.91 Å². The maximum atomic E-state index is 12.3. The van der Waals surface area contributed by atoms with Gasteiger partial charge in [-0.2, -0.15) is 0 Å². The molecule has 0 saturated carbocycles. The van der Waals surface area contributed by atoms with E-state index in [4.69, 9.17) is 4.74 Å². The Morgan fingerprint density at radius 3 is 2.67 bits per heavy atom. The van der Waals surface area contributed by atoms with Gasteiger partial charge >= 0.3 is 0 Å². The zero-order valence-corrected chi connectivity index (χ0v) is 14.6. The van der Waals surface area contributed by atoms with E-state index in [0.717, 1.165) is 36.4 Å². The number of carbonyl (C=O) groups excluding carboxylic acids is 1. The molecular weight excluding hydrogens is 302 g/mol. The van der Waals surface area contributed by atoms with Gasteiger partial charge in [0.2, 0.25) is 0 Å². The van der Waals surface area contributed by atoms with Gasteiger partial charge in [0.05, 0.1) is 7.11 Å². The van der Waals surface area contributed by atoms with Crippen molar-refractivity contribution in [2.75, 3.05) is 25.6 Å². The molecule has 0 unspecified atom stereocenters. The van der Waals surface area contributed by atoms with Crippen LogP contribution in [0, 0.1) is 0 Å². The topological polar surface area (TPSA) is 54.5 Å². The molecular formula is C19H25N3O2. The number of benzene rings is 1. The molecule has 1 amide bonds. The second-order valence-corrected chi connectivity index (χ2v) is 5.71. The van der Waals surface area contributed by atoms with Gasteiger partial charge in [-0.3, -0.25) is 9.78 Å². The van der Waals surface area contributed by atoms with Gasteiger partial charge in [0.1, 0.15) is 11.4 Å². The second-order valence-electron chi connectivity index (χ2n) is 5.71.